The first-order valence-corrected chi connectivity index (χ1v) is 6.02. The van der Waals surface area contributed by atoms with Crippen molar-refractivity contribution in [1.29, 1.82) is 0 Å². The predicted molar refractivity (Wildman–Crippen MR) is 73.5 cm³/mol. The fourth-order valence-electron chi connectivity index (χ4n) is 2.41. The molecule has 0 saturated carbocycles. The molecule has 0 aliphatic carbocycles. The zero-order valence-electron chi connectivity index (χ0n) is 10.3. The number of anilines is 2. The van der Waals surface area contributed by atoms with Crippen molar-refractivity contribution >= 4 is 17.4 Å². The summed E-state index contributed by atoms with van der Waals surface area (Å²) in [6, 6.07) is 9.27. The Balaban J connectivity index is 1.97. The minimum absolute atomic E-state index is 0.447. The monoisotopic (exact) mass is 254 g/mol. The molecule has 96 valence electrons. The smallest absolute Gasteiger partial charge is 0.252 e. The third kappa shape index (κ3) is 1.99. The number of fused-ring (bicyclic) bond motifs is 1. The third-order valence-electron chi connectivity index (χ3n) is 3.30. The van der Waals surface area contributed by atoms with Crippen LogP contribution in [-0.4, -0.2) is 10.9 Å². The van der Waals surface area contributed by atoms with Crippen molar-refractivity contribution in [2.75, 3.05) is 10.6 Å². The molecule has 1 aromatic carbocycles. The second kappa shape index (κ2) is 4.28. The molecule has 1 aliphatic heterocycles. The van der Waals surface area contributed by atoms with Crippen LogP contribution in [0, 0.1) is 0 Å². The summed E-state index contributed by atoms with van der Waals surface area (Å²) < 4.78 is 0. The van der Waals surface area contributed by atoms with Gasteiger partial charge >= 0.3 is 0 Å². The first-order chi connectivity index (χ1) is 9.15. The fraction of sp³-hybridized carbons (Fsp3) is 0.143. The molecule has 4 N–H and O–H groups in total. The molecular weight excluding hydrogens is 240 g/mol. The van der Waals surface area contributed by atoms with Crippen molar-refractivity contribution in [1.82, 2.24) is 4.98 Å². The van der Waals surface area contributed by atoms with Gasteiger partial charge in [0, 0.05) is 25.0 Å². The van der Waals surface area contributed by atoms with Gasteiger partial charge in [0.1, 0.15) is 5.82 Å². The molecule has 5 nitrogen and oxygen atoms in total. The molecule has 0 bridgehead atoms. The van der Waals surface area contributed by atoms with Crippen molar-refractivity contribution in [3.8, 4) is 0 Å². The number of hydrogen-bond donors (Lipinski definition) is 2. The van der Waals surface area contributed by atoms with E-state index >= 15 is 0 Å². The van der Waals surface area contributed by atoms with Gasteiger partial charge in [-0.15, -0.1) is 0 Å². The van der Waals surface area contributed by atoms with Crippen molar-refractivity contribution in [3.63, 3.8) is 0 Å². The highest BCUT2D eigenvalue weighted by atomic mass is 16.1. The Morgan fingerprint density at radius 1 is 1.21 bits per heavy atom. The van der Waals surface area contributed by atoms with Crippen LogP contribution in [0.4, 0.5) is 11.5 Å². The number of nitrogens with zero attached hydrogens (tertiary/aromatic N) is 2. The van der Waals surface area contributed by atoms with Gasteiger partial charge in [-0.1, -0.05) is 6.07 Å². The lowest BCUT2D eigenvalue weighted by atomic mass is 10.1. The third-order valence-corrected chi connectivity index (χ3v) is 3.30. The number of carbonyl (C=O) groups is 1. The number of carbonyl (C=O) groups excluding carboxylic acids is 1. The van der Waals surface area contributed by atoms with E-state index in [0.29, 0.717) is 24.5 Å². The van der Waals surface area contributed by atoms with Crippen molar-refractivity contribution in [3.05, 3.63) is 53.2 Å². The van der Waals surface area contributed by atoms with Crippen LogP contribution >= 0.6 is 0 Å². The van der Waals surface area contributed by atoms with Crippen molar-refractivity contribution < 1.29 is 4.79 Å². The standard InChI is InChI=1S/C14H14N4O/c15-11-4-3-9-7-18(8-10(9)6-11)14-12(13(16)19)2-1-5-17-14/h1-6H,7-8,15H2,(H2,16,19). The van der Waals surface area contributed by atoms with Gasteiger partial charge in [0.05, 0.1) is 5.56 Å². The van der Waals surface area contributed by atoms with Gasteiger partial charge in [-0.3, -0.25) is 4.79 Å². The highest BCUT2D eigenvalue weighted by molar-refractivity contribution is 5.97. The van der Waals surface area contributed by atoms with Crippen LogP contribution in [0.1, 0.15) is 21.5 Å². The largest absolute Gasteiger partial charge is 0.399 e. The molecule has 1 aromatic heterocycles. The van der Waals surface area contributed by atoms with Crippen molar-refractivity contribution in [2.45, 2.75) is 13.1 Å². The van der Waals surface area contributed by atoms with Gasteiger partial charge in [0.2, 0.25) is 0 Å². The highest BCUT2D eigenvalue weighted by Gasteiger charge is 2.23. The van der Waals surface area contributed by atoms with E-state index in [1.54, 1.807) is 18.3 Å². The van der Waals surface area contributed by atoms with Gasteiger partial charge in [-0.2, -0.15) is 0 Å². The quantitative estimate of drug-likeness (QED) is 0.791. The summed E-state index contributed by atoms with van der Waals surface area (Å²) in [5, 5.41) is 0. The Labute approximate surface area is 110 Å². The molecule has 1 amide bonds. The molecule has 0 radical (unpaired) electrons. The molecular formula is C14H14N4O. The van der Waals surface area contributed by atoms with Crippen LogP contribution in [0.15, 0.2) is 36.5 Å². The minimum atomic E-state index is -0.460. The van der Waals surface area contributed by atoms with Gasteiger partial charge in [-0.25, -0.2) is 4.98 Å². The molecule has 0 unspecified atom stereocenters. The summed E-state index contributed by atoms with van der Waals surface area (Å²) in [4.78, 5) is 17.8. The van der Waals surface area contributed by atoms with Crippen LogP contribution in [0.3, 0.4) is 0 Å². The number of hydrogen-bond acceptors (Lipinski definition) is 4. The lowest BCUT2D eigenvalue weighted by Crippen LogP contribution is -2.22. The van der Waals surface area contributed by atoms with Crippen molar-refractivity contribution in [2.24, 2.45) is 5.73 Å². The lowest BCUT2D eigenvalue weighted by Gasteiger charge is -2.18. The van der Waals surface area contributed by atoms with E-state index < -0.39 is 5.91 Å². The van der Waals surface area contributed by atoms with E-state index in [4.69, 9.17) is 11.5 Å². The van der Waals surface area contributed by atoms with Gasteiger partial charge in [0.25, 0.3) is 5.91 Å². The van der Waals surface area contributed by atoms with Gasteiger partial charge < -0.3 is 16.4 Å². The highest BCUT2D eigenvalue weighted by Crippen LogP contribution is 2.29. The number of rotatable bonds is 2. The molecule has 0 saturated heterocycles. The van der Waals surface area contributed by atoms with Crippen LogP contribution in [-0.2, 0) is 13.1 Å². The Bertz CT molecular complexity index is 654. The Morgan fingerprint density at radius 2 is 2.00 bits per heavy atom. The maximum absolute atomic E-state index is 11.4. The van der Waals surface area contributed by atoms with Gasteiger partial charge in [0.15, 0.2) is 0 Å². The van der Waals surface area contributed by atoms with Gasteiger partial charge in [-0.05, 0) is 35.4 Å². The zero-order chi connectivity index (χ0) is 13.4. The first kappa shape index (κ1) is 11.5. The number of pyridine rings is 1. The van der Waals surface area contributed by atoms with Crippen LogP contribution in [0.2, 0.25) is 0 Å². The van der Waals surface area contributed by atoms with E-state index in [-0.39, 0.29) is 0 Å². The maximum atomic E-state index is 11.4. The summed E-state index contributed by atoms with van der Waals surface area (Å²) in [6.07, 6.45) is 1.67. The molecule has 1 aliphatic rings. The molecule has 2 aromatic rings. The summed E-state index contributed by atoms with van der Waals surface area (Å²) in [5.41, 5.74) is 14.7. The van der Waals surface area contributed by atoms with E-state index in [1.807, 2.05) is 23.1 Å². The lowest BCUT2D eigenvalue weighted by molar-refractivity contribution is 0.100. The molecule has 0 fully saturated rings. The number of amides is 1. The average Bonchev–Trinajstić information content (AvgIpc) is 2.81. The number of nitrogens with two attached hydrogens (primary N) is 2. The molecule has 5 heteroatoms. The van der Waals surface area contributed by atoms with E-state index in [2.05, 4.69) is 4.98 Å². The number of benzene rings is 1. The molecule has 2 heterocycles. The predicted octanol–water partition coefficient (Wildman–Crippen LogP) is 1.28. The zero-order valence-corrected chi connectivity index (χ0v) is 10.3. The van der Waals surface area contributed by atoms with Crippen LogP contribution in [0.5, 0.6) is 0 Å². The second-order valence-corrected chi connectivity index (χ2v) is 4.62. The Morgan fingerprint density at radius 3 is 2.79 bits per heavy atom. The van der Waals surface area contributed by atoms with Crippen LogP contribution in [0.25, 0.3) is 0 Å². The summed E-state index contributed by atoms with van der Waals surface area (Å²) in [5.74, 6) is 0.170. The second-order valence-electron chi connectivity index (χ2n) is 4.62. The number of primary amides is 1. The Kier molecular flexibility index (Phi) is 2.59. The van der Waals surface area contributed by atoms with E-state index in [0.717, 1.165) is 5.69 Å². The van der Waals surface area contributed by atoms with E-state index in [9.17, 15) is 4.79 Å². The normalized spacial score (nSPS) is 13.4. The average molecular weight is 254 g/mol. The Hall–Kier alpha value is -2.56. The summed E-state index contributed by atoms with van der Waals surface area (Å²) >= 11 is 0. The minimum Gasteiger partial charge on any atom is -0.399 e. The van der Waals surface area contributed by atoms with E-state index in [1.165, 1.54) is 11.1 Å². The summed E-state index contributed by atoms with van der Waals surface area (Å²) in [6.45, 7) is 1.41. The molecule has 19 heavy (non-hydrogen) atoms. The summed E-state index contributed by atoms with van der Waals surface area (Å²) in [7, 11) is 0. The molecule has 0 atom stereocenters. The molecule has 3 rings (SSSR count). The first-order valence-electron chi connectivity index (χ1n) is 6.02. The number of aromatic nitrogens is 1. The number of nitrogen functional groups attached to an aromatic ring is 1. The SMILES string of the molecule is NC(=O)c1cccnc1N1Cc2ccc(N)cc2C1. The fourth-order valence-corrected chi connectivity index (χ4v) is 2.41. The maximum Gasteiger partial charge on any atom is 0.252 e. The topological polar surface area (TPSA) is 85.2 Å². The molecule has 0 spiro atoms. The van der Waals surface area contributed by atoms with Crippen LogP contribution < -0.4 is 16.4 Å².